The number of fused-ring (bicyclic) bond motifs is 1. The van der Waals surface area contributed by atoms with Crippen molar-refractivity contribution >= 4 is 10.9 Å². The largest absolute Gasteiger partial charge is 0.317 e. The zero-order valence-electron chi connectivity index (χ0n) is 12.2. The highest BCUT2D eigenvalue weighted by atomic mass is 15.1. The second-order valence-corrected chi connectivity index (χ2v) is 5.88. The predicted molar refractivity (Wildman–Crippen MR) is 83.7 cm³/mol. The highest BCUT2D eigenvalue weighted by Crippen LogP contribution is 2.19. The normalized spacial score (nSPS) is 16.9. The third-order valence-corrected chi connectivity index (χ3v) is 4.19. The zero-order chi connectivity index (χ0) is 13.8. The number of piperidine rings is 1. The molecule has 0 spiro atoms. The van der Waals surface area contributed by atoms with Gasteiger partial charge < -0.3 is 10.2 Å². The molecule has 1 aliphatic rings. The van der Waals surface area contributed by atoms with Gasteiger partial charge in [-0.05, 0) is 50.5 Å². The summed E-state index contributed by atoms with van der Waals surface area (Å²) >= 11 is 0. The van der Waals surface area contributed by atoms with Crippen LogP contribution in [0.4, 0.5) is 0 Å². The Bertz CT molecular complexity index is 556. The lowest BCUT2D eigenvalue weighted by molar-refractivity contribution is 0.235. The lowest BCUT2D eigenvalue weighted by Gasteiger charge is -2.27. The van der Waals surface area contributed by atoms with Crippen LogP contribution in [0.1, 0.15) is 18.4 Å². The number of para-hydroxylation sites is 1. The van der Waals surface area contributed by atoms with E-state index in [0.29, 0.717) is 0 Å². The van der Waals surface area contributed by atoms with E-state index in [1.807, 2.05) is 12.3 Å². The molecule has 3 nitrogen and oxygen atoms in total. The van der Waals surface area contributed by atoms with Gasteiger partial charge in [0.25, 0.3) is 0 Å². The quantitative estimate of drug-likeness (QED) is 0.925. The Hall–Kier alpha value is -1.45. The number of nitrogens with zero attached hydrogens (tertiary/aromatic N) is 2. The van der Waals surface area contributed by atoms with E-state index >= 15 is 0 Å². The SMILES string of the molecule is CN(Cc1cccc2cccnc12)CC1CCNCC1. The van der Waals surface area contributed by atoms with Gasteiger partial charge in [-0.15, -0.1) is 0 Å². The second-order valence-electron chi connectivity index (χ2n) is 5.88. The van der Waals surface area contributed by atoms with E-state index in [2.05, 4.69) is 46.5 Å². The van der Waals surface area contributed by atoms with Crippen LogP contribution >= 0.6 is 0 Å². The average molecular weight is 269 g/mol. The minimum atomic E-state index is 0.837. The molecule has 0 unspecified atom stereocenters. The molecule has 2 heterocycles. The molecule has 0 aliphatic carbocycles. The van der Waals surface area contributed by atoms with E-state index < -0.39 is 0 Å². The van der Waals surface area contributed by atoms with Crippen LogP contribution in [0.2, 0.25) is 0 Å². The van der Waals surface area contributed by atoms with Gasteiger partial charge in [0.1, 0.15) is 0 Å². The van der Waals surface area contributed by atoms with Crippen LogP contribution in [-0.2, 0) is 6.54 Å². The lowest BCUT2D eigenvalue weighted by Crippen LogP contribution is -2.34. The standard InChI is InChI=1S/C17H23N3/c1-20(12-14-7-10-18-11-8-14)13-16-5-2-4-15-6-3-9-19-17(15)16/h2-6,9,14,18H,7-8,10-13H2,1H3. The van der Waals surface area contributed by atoms with Gasteiger partial charge in [0, 0.05) is 24.7 Å². The summed E-state index contributed by atoms with van der Waals surface area (Å²) in [5.41, 5.74) is 2.48. The number of pyridine rings is 1. The van der Waals surface area contributed by atoms with Crippen molar-refractivity contribution in [3.63, 3.8) is 0 Å². The molecule has 1 aliphatic heterocycles. The minimum Gasteiger partial charge on any atom is -0.317 e. The molecule has 1 N–H and O–H groups in total. The molecular weight excluding hydrogens is 246 g/mol. The lowest BCUT2D eigenvalue weighted by atomic mass is 9.97. The first-order valence-electron chi connectivity index (χ1n) is 7.55. The van der Waals surface area contributed by atoms with Crippen LogP contribution in [0.3, 0.4) is 0 Å². The van der Waals surface area contributed by atoms with Crippen LogP contribution in [0.25, 0.3) is 10.9 Å². The van der Waals surface area contributed by atoms with E-state index in [4.69, 9.17) is 0 Å². The third kappa shape index (κ3) is 3.17. The molecule has 0 saturated carbocycles. The van der Waals surface area contributed by atoms with Crippen molar-refractivity contribution in [1.82, 2.24) is 15.2 Å². The molecule has 1 fully saturated rings. The summed E-state index contributed by atoms with van der Waals surface area (Å²) in [5, 5.41) is 4.67. The van der Waals surface area contributed by atoms with Gasteiger partial charge in [-0.25, -0.2) is 0 Å². The van der Waals surface area contributed by atoms with Crippen LogP contribution in [0.5, 0.6) is 0 Å². The van der Waals surface area contributed by atoms with Crippen molar-refractivity contribution < 1.29 is 0 Å². The summed E-state index contributed by atoms with van der Waals surface area (Å²) in [6.07, 6.45) is 4.49. The highest BCUT2D eigenvalue weighted by molar-refractivity contribution is 5.81. The molecule has 0 atom stereocenters. The van der Waals surface area contributed by atoms with Crippen LogP contribution in [0, 0.1) is 5.92 Å². The Morgan fingerprint density at radius 1 is 1.20 bits per heavy atom. The monoisotopic (exact) mass is 269 g/mol. The molecule has 3 rings (SSSR count). The van der Waals surface area contributed by atoms with Gasteiger partial charge in [0.05, 0.1) is 5.52 Å². The minimum absolute atomic E-state index is 0.837. The summed E-state index contributed by atoms with van der Waals surface area (Å²) in [6, 6.07) is 10.6. The van der Waals surface area contributed by atoms with Crippen molar-refractivity contribution in [3.8, 4) is 0 Å². The Kier molecular flexibility index (Phi) is 4.28. The first-order valence-corrected chi connectivity index (χ1v) is 7.55. The molecule has 0 bridgehead atoms. The summed E-state index contributed by atoms with van der Waals surface area (Å²) in [7, 11) is 2.23. The Morgan fingerprint density at radius 3 is 2.85 bits per heavy atom. The van der Waals surface area contributed by atoms with Gasteiger partial charge >= 0.3 is 0 Å². The van der Waals surface area contributed by atoms with Crippen LogP contribution < -0.4 is 5.32 Å². The first kappa shape index (κ1) is 13.5. The van der Waals surface area contributed by atoms with E-state index in [9.17, 15) is 0 Å². The molecule has 106 valence electrons. The third-order valence-electron chi connectivity index (χ3n) is 4.19. The van der Waals surface area contributed by atoms with E-state index in [1.165, 1.54) is 43.4 Å². The van der Waals surface area contributed by atoms with Crippen LogP contribution in [-0.4, -0.2) is 36.6 Å². The topological polar surface area (TPSA) is 28.2 Å². The summed E-state index contributed by atoms with van der Waals surface area (Å²) < 4.78 is 0. The predicted octanol–water partition coefficient (Wildman–Crippen LogP) is 2.67. The molecule has 1 aromatic carbocycles. The van der Waals surface area contributed by atoms with Crippen molar-refractivity contribution in [2.75, 3.05) is 26.7 Å². The summed E-state index contributed by atoms with van der Waals surface area (Å²) in [6.45, 7) is 4.52. The number of hydrogen-bond donors (Lipinski definition) is 1. The fourth-order valence-electron chi connectivity index (χ4n) is 3.16. The van der Waals surface area contributed by atoms with Crippen LogP contribution in [0.15, 0.2) is 36.5 Å². The molecule has 3 heteroatoms. The fraction of sp³-hybridized carbons (Fsp3) is 0.471. The molecule has 1 aromatic heterocycles. The smallest absolute Gasteiger partial charge is 0.0746 e. The second kappa shape index (κ2) is 6.33. The number of hydrogen-bond acceptors (Lipinski definition) is 3. The van der Waals surface area contributed by atoms with E-state index in [1.54, 1.807) is 0 Å². The number of nitrogens with one attached hydrogen (secondary N) is 1. The van der Waals surface area contributed by atoms with E-state index in [0.717, 1.165) is 18.0 Å². The van der Waals surface area contributed by atoms with E-state index in [-0.39, 0.29) is 0 Å². The van der Waals surface area contributed by atoms with Gasteiger partial charge in [-0.1, -0.05) is 24.3 Å². The molecule has 0 radical (unpaired) electrons. The Labute approximate surface area is 121 Å². The van der Waals surface area contributed by atoms with Crippen molar-refractivity contribution in [3.05, 3.63) is 42.1 Å². The van der Waals surface area contributed by atoms with Crippen molar-refractivity contribution in [1.29, 1.82) is 0 Å². The molecule has 0 amide bonds. The Balaban J connectivity index is 1.69. The maximum Gasteiger partial charge on any atom is 0.0746 e. The van der Waals surface area contributed by atoms with Crippen molar-refractivity contribution in [2.45, 2.75) is 19.4 Å². The summed E-state index contributed by atoms with van der Waals surface area (Å²) in [5.74, 6) is 0.837. The highest BCUT2D eigenvalue weighted by Gasteiger charge is 2.15. The average Bonchev–Trinajstić information content (AvgIpc) is 2.48. The Morgan fingerprint density at radius 2 is 2.00 bits per heavy atom. The maximum absolute atomic E-state index is 4.54. The first-order chi connectivity index (χ1) is 9.83. The number of aromatic nitrogens is 1. The zero-order valence-corrected chi connectivity index (χ0v) is 12.2. The molecular formula is C17H23N3. The van der Waals surface area contributed by atoms with Crippen molar-refractivity contribution in [2.24, 2.45) is 5.92 Å². The van der Waals surface area contributed by atoms with Gasteiger partial charge in [-0.3, -0.25) is 4.98 Å². The molecule has 1 saturated heterocycles. The van der Waals surface area contributed by atoms with Gasteiger partial charge in [0.15, 0.2) is 0 Å². The van der Waals surface area contributed by atoms with Gasteiger partial charge in [-0.2, -0.15) is 0 Å². The molecule has 20 heavy (non-hydrogen) atoms. The maximum atomic E-state index is 4.54. The summed E-state index contributed by atoms with van der Waals surface area (Å²) in [4.78, 5) is 6.99. The number of rotatable bonds is 4. The molecule has 2 aromatic rings. The number of benzene rings is 1. The fourth-order valence-corrected chi connectivity index (χ4v) is 3.16. The van der Waals surface area contributed by atoms with Gasteiger partial charge in [0.2, 0.25) is 0 Å².